The molecule has 3 unspecified atom stereocenters. The fourth-order valence-corrected chi connectivity index (χ4v) is 6.47. The van der Waals surface area contributed by atoms with Crippen LogP contribution in [0, 0.1) is 0 Å². The number of ether oxygens (including phenoxy) is 1. The lowest BCUT2D eigenvalue weighted by Gasteiger charge is -2.24. The van der Waals surface area contributed by atoms with Gasteiger partial charge in [0.2, 0.25) is 5.91 Å². The van der Waals surface area contributed by atoms with E-state index in [9.17, 15) is 19.8 Å². The normalized spacial score (nSPS) is 14.2. The van der Waals surface area contributed by atoms with E-state index in [0.717, 1.165) is 103 Å². The molecule has 6 nitrogen and oxygen atoms in total. The first-order chi connectivity index (χ1) is 28.5. The minimum atomic E-state index is -0.807. The molecule has 0 aliphatic rings. The van der Waals surface area contributed by atoms with Gasteiger partial charge >= 0.3 is 5.97 Å². The van der Waals surface area contributed by atoms with Crippen LogP contribution in [0.4, 0.5) is 0 Å². The molecular formula is C52H87NO5. The highest BCUT2D eigenvalue weighted by atomic mass is 16.5. The lowest BCUT2D eigenvalue weighted by molar-refractivity contribution is -0.151. The number of nitrogens with one attached hydrogen (secondary N) is 1. The summed E-state index contributed by atoms with van der Waals surface area (Å²) in [5.74, 6) is -0.554. The second-order valence-corrected chi connectivity index (χ2v) is 15.5. The Bertz CT molecular complexity index is 1180. The highest BCUT2D eigenvalue weighted by Gasteiger charge is 2.24. The third kappa shape index (κ3) is 39.6. The summed E-state index contributed by atoms with van der Waals surface area (Å²) in [4.78, 5) is 26.0. The van der Waals surface area contributed by atoms with Gasteiger partial charge < -0.3 is 20.3 Å². The number of aliphatic hydroxyl groups excluding tert-OH is 2. The Morgan fingerprint density at radius 1 is 0.534 bits per heavy atom. The number of esters is 1. The van der Waals surface area contributed by atoms with Crippen LogP contribution >= 0.6 is 0 Å². The maximum absolute atomic E-state index is 13.1. The molecule has 0 spiro atoms. The van der Waals surface area contributed by atoms with E-state index in [4.69, 9.17) is 4.74 Å². The van der Waals surface area contributed by atoms with Crippen LogP contribution in [0.2, 0.25) is 0 Å². The molecule has 58 heavy (non-hydrogen) atoms. The fourth-order valence-electron chi connectivity index (χ4n) is 6.47. The maximum Gasteiger partial charge on any atom is 0.306 e. The van der Waals surface area contributed by atoms with Crippen LogP contribution in [-0.2, 0) is 14.3 Å². The van der Waals surface area contributed by atoms with Crippen LogP contribution in [0.25, 0.3) is 0 Å². The number of unbranched alkanes of at least 4 members (excludes halogenated alkanes) is 16. The summed E-state index contributed by atoms with van der Waals surface area (Å²) in [7, 11) is 0. The van der Waals surface area contributed by atoms with E-state index < -0.39 is 18.2 Å². The highest BCUT2D eigenvalue weighted by Crippen LogP contribution is 2.16. The van der Waals surface area contributed by atoms with Crippen LogP contribution < -0.4 is 5.32 Å². The van der Waals surface area contributed by atoms with Gasteiger partial charge in [-0.1, -0.05) is 201 Å². The van der Waals surface area contributed by atoms with E-state index in [1.54, 1.807) is 0 Å². The van der Waals surface area contributed by atoms with Gasteiger partial charge in [0.15, 0.2) is 0 Å². The summed E-state index contributed by atoms with van der Waals surface area (Å²) in [5.41, 5.74) is 0. The summed E-state index contributed by atoms with van der Waals surface area (Å²) in [6, 6.07) is -0.724. The number of hydrogen-bond donors (Lipinski definition) is 3. The van der Waals surface area contributed by atoms with Crippen molar-refractivity contribution in [1.82, 2.24) is 5.32 Å². The second kappa shape index (κ2) is 44.9. The van der Waals surface area contributed by atoms with Crippen LogP contribution in [-0.4, -0.2) is 46.9 Å². The molecule has 1 amide bonds. The van der Waals surface area contributed by atoms with Crippen LogP contribution in [0.3, 0.4) is 0 Å². The van der Waals surface area contributed by atoms with Gasteiger partial charge in [-0.05, 0) is 77.0 Å². The number of carbonyl (C=O) groups excluding carboxylic acids is 2. The Balaban J connectivity index is 4.78. The van der Waals surface area contributed by atoms with Crippen molar-refractivity contribution in [2.24, 2.45) is 0 Å². The standard InChI is InChI=1S/C52H87NO5/c1-4-7-10-13-16-19-21-23-25-26-27-29-32-34-37-40-43-48(58-52(57)45-42-39-36-33-30-28-24-22-20-17-14-11-8-5-2)46-51(56)53-49(47-54)50(55)44-41-38-35-31-18-15-12-9-6-3/h8,10-11,13,16-17,19-21,23-29,48-50,54-55H,4-7,9,12,14-15,18,22,30-47H2,1-3H3,(H,53,56)/b11-8+,13-10+,19-16+,20-17+,23-21+,26-25+,28-24+,29-27+. The predicted octanol–water partition coefficient (Wildman–Crippen LogP) is 13.8. The number of carbonyl (C=O) groups is 2. The molecule has 0 saturated carbocycles. The van der Waals surface area contributed by atoms with E-state index in [2.05, 4.69) is 86.8 Å². The molecular weight excluding hydrogens is 719 g/mol. The monoisotopic (exact) mass is 806 g/mol. The number of rotatable bonds is 40. The summed E-state index contributed by atoms with van der Waals surface area (Å²) in [6.07, 6.45) is 58.9. The zero-order valence-electron chi connectivity index (χ0n) is 37.4. The lowest BCUT2D eigenvalue weighted by Crippen LogP contribution is -2.46. The van der Waals surface area contributed by atoms with Gasteiger partial charge in [-0.3, -0.25) is 9.59 Å². The van der Waals surface area contributed by atoms with Gasteiger partial charge in [0.05, 0.1) is 25.2 Å². The van der Waals surface area contributed by atoms with Gasteiger partial charge in [0.25, 0.3) is 0 Å². The number of aliphatic hydroxyl groups is 2. The summed E-state index contributed by atoms with van der Waals surface area (Å²) >= 11 is 0. The van der Waals surface area contributed by atoms with Gasteiger partial charge in [-0.2, -0.15) is 0 Å². The summed E-state index contributed by atoms with van der Waals surface area (Å²) in [6.45, 7) is 6.22. The Morgan fingerprint density at radius 3 is 1.66 bits per heavy atom. The van der Waals surface area contributed by atoms with E-state index in [1.165, 1.54) is 44.9 Å². The Hall–Kier alpha value is -3.22. The average Bonchev–Trinajstić information content (AvgIpc) is 3.22. The molecule has 0 aliphatic heterocycles. The maximum atomic E-state index is 13.1. The van der Waals surface area contributed by atoms with Gasteiger partial charge in [-0.15, -0.1) is 0 Å². The van der Waals surface area contributed by atoms with Crippen molar-refractivity contribution in [2.45, 2.75) is 212 Å². The number of hydrogen-bond acceptors (Lipinski definition) is 5. The van der Waals surface area contributed by atoms with Crippen LogP contribution in [0.5, 0.6) is 0 Å². The molecule has 0 fully saturated rings. The zero-order chi connectivity index (χ0) is 42.4. The van der Waals surface area contributed by atoms with Crippen molar-refractivity contribution in [3.8, 4) is 0 Å². The Labute approximate surface area is 356 Å². The molecule has 3 atom stereocenters. The third-order valence-electron chi connectivity index (χ3n) is 10.0. The molecule has 0 rings (SSSR count). The Kier molecular flexibility index (Phi) is 42.4. The van der Waals surface area contributed by atoms with Crippen LogP contribution in [0.1, 0.15) is 194 Å². The van der Waals surface area contributed by atoms with Crippen molar-refractivity contribution in [1.29, 1.82) is 0 Å². The molecule has 330 valence electrons. The van der Waals surface area contributed by atoms with Gasteiger partial charge in [0, 0.05) is 6.42 Å². The van der Waals surface area contributed by atoms with Gasteiger partial charge in [0.1, 0.15) is 6.10 Å². The summed E-state index contributed by atoms with van der Waals surface area (Å²) < 4.78 is 5.88. The molecule has 0 heterocycles. The number of amides is 1. The lowest BCUT2D eigenvalue weighted by atomic mass is 10.0. The molecule has 0 saturated heterocycles. The molecule has 0 bridgehead atoms. The smallest absolute Gasteiger partial charge is 0.306 e. The van der Waals surface area contributed by atoms with E-state index in [1.807, 2.05) is 36.5 Å². The highest BCUT2D eigenvalue weighted by molar-refractivity contribution is 5.77. The molecule has 0 aromatic carbocycles. The first-order valence-corrected chi connectivity index (χ1v) is 23.5. The quantitative estimate of drug-likeness (QED) is 0.0248. The zero-order valence-corrected chi connectivity index (χ0v) is 37.4. The molecule has 6 heteroatoms. The molecule has 0 aromatic heterocycles. The molecule has 3 N–H and O–H groups in total. The van der Waals surface area contributed by atoms with E-state index >= 15 is 0 Å². The van der Waals surface area contributed by atoms with Crippen molar-refractivity contribution in [3.63, 3.8) is 0 Å². The van der Waals surface area contributed by atoms with Crippen LogP contribution in [0.15, 0.2) is 97.2 Å². The largest absolute Gasteiger partial charge is 0.462 e. The van der Waals surface area contributed by atoms with E-state index in [-0.39, 0.29) is 24.9 Å². The molecule has 0 radical (unpaired) electrons. The van der Waals surface area contributed by atoms with Crippen molar-refractivity contribution >= 4 is 11.9 Å². The van der Waals surface area contributed by atoms with Crippen molar-refractivity contribution in [2.75, 3.05) is 6.61 Å². The third-order valence-corrected chi connectivity index (χ3v) is 10.0. The minimum absolute atomic E-state index is 0.0341. The fraction of sp³-hybridized carbons (Fsp3) is 0.654. The first-order valence-electron chi connectivity index (χ1n) is 23.5. The average molecular weight is 806 g/mol. The van der Waals surface area contributed by atoms with Crippen molar-refractivity contribution in [3.05, 3.63) is 97.2 Å². The first kappa shape index (κ1) is 54.8. The minimum Gasteiger partial charge on any atom is -0.462 e. The van der Waals surface area contributed by atoms with Crippen molar-refractivity contribution < 1.29 is 24.5 Å². The van der Waals surface area contributed by atoms with E-state index in [0.29, 0.717) is 19.3 Å². The SMILES string of the molecule is CC/C=C/C/C=C/C/C=C/CCCCCCC(=O)OC(CCCCC/C=C/C=C/C=C/C=C/C=C/CCC)CC(=O)NC(CO)C(O)CCCCCCCCCCC. The number of allylic oxidation sites excluding steroid dienone is 16. The predicted molar refractivity (Wildman–Crippen MR) is 250 cm³/mol. The van der Waals surface area contributed by atoms with Gasteiger partial charge in [-0.25, -0.2) is 0 Å². The molecule has 0 aliphatic carbocycles. The molecule has 0 aromatic rings. The second-order valence-electron chi connectivity index (χ2n) is 15.5. The summed E-state index contributed by atoms with van der Waals surface area (Å²) in [5, 5.41) is 23.6. The topological polar surface area (TPSA) is 95.9 Å². The Morgan fingerprint density at radius 2 is 1.03 bits per heavy atom.